The second-order valence-electron chi connectivity index (χ2n) is 7.69. The van der Waals surface area contributed by atoms with Gasteiger partial charge in [-0.05, 0) is 43.0 Å². The summed E-state index contributed by atoms with van der Waals surface area (Å²) in [6, 6.07) is 15.3. The normalized spacial score (nSPS) is 10.9. The highest BCUT2D eigenvalue weighted by atomic mass is 16.5. The molecule has 0 bridgehead atoms. The van der Waals surface area contributed by atoms with E-state index in [1.807, 2.05) is 76.2 Å². The molecule has 0 aliphatic rings. The van der Waals surface area contributed by atoms with Gasteiger partial charge in [-0.2, -0.15) is 5.10 Å². The van der Waals surface area contributed by atoms with Crippen molar-refractivity contribution in [1.29, 1.82) is 0 Å². The van der Waals surface area contributed by atoms with Crippen LogP contribution in [0.1, 0.15) is 30.8 Å². The molecule has 174 valence electrons. The summed E-state index contributed by atoms with van der Waals surface area (Å²) in [6.45, 7) is 8.13. The number of aromatic nitrogens is 5. The molecule has 0 aliphatic heterocycles. The van der Waals surface area contributed by atoms with Crippen molar-refractivity contribution in [2.24, 2.45) is 0 Å². The topological polar surface area (TPSA) is 101 Å². The van der Waals surface area contributed by atoms with Crippen molar-refractivity contribution in [2.75, 3.05) is 12.8 Å². The first-order valence-electron chi connectivity index (χ1n) is 11.2. The largest absolute Gasteiger partial charge is 0.495 e. The Hall–Kier alpha value is -4.20. The van der Waals surface area contributed by atoms with Gasteiger partial charge in [0.05, 0.1) is 35.8 Å². The average Bonchev–Trinajstić information content (AvgIpc) is 3.16. The maximum Gasteiger partial charge on any atom is 0.263 e. The van der Waals surface area contributed by atoms with E-state index in [0.717, 1.165) is 27.7 Å². The van der Waals surface area contributed by atoms with Crippen molar-refractivity contribution in [3.63, 3.8) is 0 Å². The van der Waals surface area contributed by atoms with E-state index < -0.39 is 0 Å². The van der Waals surface area contributed by atoms with E-state index >= 15 is 0 Å². The van der Waals surface area contributed by atoms with Crippen LogP contribution in [0.2, 0.25) is 0 Å². The van der Waals surface area contributed by atoms with Crippen LogP contribution < -0.4 is 16.0 Å². The Morgan fingerprint density at radius 1 is 1.00 bits per heavy atom. The van der Waals surface area contributed by atoms with Crippen molar-refractivity contribution in [3.05, 3.63) is 82.2 Å². The molecule has 2 aromatic carbocycles. The van der Waals surface area contributed by atoms with Gasteiger partial charge in [0.2, 0.25) is 0 Å². The van der Waals surface area contributed by atoms with Crippen LogP contribution in [0.15, 0.2) is 59.7 Å². The van der Waals surface area contributed by atoms with Gasteiger partial charge in [-0.15, -0.1) is 0 Å². The lowest BCUT2D eigenvalue weighted by Gasteiger charge is -2.18. The van der Waals surface area contributed by atoms with Crippen LogP contribution in [0, 0.1) is 13.8 Å². The van der Waals surface area contributed by atoms with Crippen molar-refractivity contribution in [2.45, 2.75) is 34.2 Å². The number of hydrogen-bond donors (Lipinski definition) is 1. The molecule has 5 rings (SSSR count). The summed E-state index contributed by atoms with van der Waals surface area (Å²) < 4.78 is 9.02. The molecule has 8 nitrogen and oxygen atoms in total. The van der Waals surface area contributed by atoms with Gasteiger partial charge in [-0.3, -0.25) is 9.36 Å². The Morgan fingerprint density at radius 3 is 2.53 bits per heavy atom. The molecule has 5 aromatic rings. The highest BCUT2D eigenvalue weighted by Crippen LogP contribution is 2.27. The molecule has 0 atom stereocenters. The van der Waals surface area contributed by atoms with Gasteiger partial charge in [-0.1, -0.05) is 44.2 Å². The fourth-order valence-electron chi connectivity index (χ4n) is 4.26. The average molecular weight is 457 g/mol. The molecule has 8 heteroatoms. The summed E-state index contributed by atoms with van der Waals surface area (Å²) in [5.41, 5.74) is 9.65. The molecule has 0 unspecified atom stereocenters. The molecule has 3 heterocycles. The zero-order chi connectivity index (χ0) is 24.4. The number of aryl methyl sites for hydroxylation is 2. The lowest BCUT2D eigenvalue weighted by atomic mass is 10.1. The maximum atomic E-state index is 13.8. The summed E-state index contributed by atoms with van der Waals surface area (Å²) >= 11 is 0. The Kier molecular flexibility index (Phi) is 6.32. The van der Waals surface area contributed by atoms with E-state index in [-0.39, 0.29) is 5.56 Å². The predicted octanol–water partition coefficient (Wildman–Crippen LogP) is 4.41. The third-order valence-electron chi connectivity index (χ3n) is 5.70. The summed E-state index contributed by atoms with van der Waals surface area (Å²) in [7, 11) is 1.60. The highest BCUT2D eigenvalue weighted by Gasteiger charge is 2.18. The van der Waals surface area contributed by atoms with Crippen molar-refractivity contribution in [3.8, 4) is 11.4 Å². The molecule has 0 aliphatic carbocycles. The number of methoxy groups -OCH3 is 1. The van der Waals surface area contributed by atoms with Crippen LogP contribution in [0.3, 0.4) is 0 Å². The fourth-order valence-corrected chi connectivity index (χ4v) is 4.26. The van der Waals surface area contributed by atoms with Crippen LogP contribution in [0.4, 0.5) is 5.82 Å². The third-order valence-corrected chi connectivity index (χ3v) is 5.70. The Morgan fingerprint density at radius 2 is 1.76 bits per heavy atom. The molecule has 3 aromatic heterocycles. The number of nitrogens with zero attached hydrogens (tertiary/aromatic N) is 5. The summed E-state index contributed by atoms with van der Waals surface area (Å²) in [6.07, 6.45) is 1.42. The quantitative estimate of drug-likeness (QED) is 0.430. The van der Waals surface area contributed by atoms with Gasteiger partial charge in [0.1, 0.15) is 17.9 Å². The summed E-state index contributed by atoms with van der Waals surface area (Å²) in [4.78, 5) is 22.3. The number of anilines is 1. The molecule has 2 N–H and O–H groups in total. The van der Waals surface area contributed by atoms with E-state index in [0.29, 0.717) is 34.8 Å². The first kappa shape index (κ1) is 23.0. The number of para-hydroxylation sites is 2. The number of nitrogens with two attached hydrogens (primary N) is 1. The van der Waals surface area contributed by atoms with Crippen LogP contribution in [-0.4, -0.2) is 31.4 Å². The Balaban J connectivity index is 0.00000133. The van der Waals surface area contributed by atoms with E-state index in [4.69, 9.17) is 10.5 Å². The predicted molar refractivity (Wildman–Crippen MR) is 136 cm³/mol. The monoisotopic (exact) mass is 456 g/mol. The zero-order valence-electron chi connectivity index (χ0n) is 20.0. The highest BCUT2D eigenvalue weighted by molar-refractivity contribution is 5.88. The minimum Gasteiger partial charge on any atom is -0.495 e. The van der Waals surface area contributed by atoms with E-state index in [1.165, 1.54) is 6.33 Å². The smallest absolute Gasteiger partial charge is 0.263 e. The van der Waals surface area contributed by atoms with Crippen LogP contribution in [0.5, 0.6) is 5.75 Å². The summed E-state index contributed by atoms with van der Waals surface area (Å²) in [5, 5.41) is 6.91. The zero-order valence-corrected chi connectivity index (χ0v) is 20.0. The lowest BCUT2D eigenvalue weighted by Crippen LogP contribution is -2.25. The van der Waals surface area contributed by atoms with Gasteiger partial charge >= 0.3 is 0 Å². The van der Waals surface area contributed by atoms with Crippen molar-refractivity contribution < 1.29 is 4.74 Å². The minimum absolute atomic E-state index is 0.109. The number of nitrogen functional groups attached to an aromatic ring is 1. The third kappa shape index (κ3) is 3.77. The number of ether oxygens (including phenoxy) is 1. The van der Waals surface area contributed by atoms with Crippen molar-refractivity contribution in [1.82, 2.24) is 24.3 Å². The molecular formula is C26H28N6O2. The van der Waals surface area contributed by atoms with Crippen LogP contribution in [-0.2, 0) is 6.54 Å². The maximum absolute atomic E-state index is 13.8. The Bertz CT molecular complexity index is 1550. The van der Waals surface area contributed by atoms with E-state index in [2.05, 4.69) is 15.1 Å². The summed E-state index contributed by atoms with van der Waals surface area (Å²) in [5.74, 6) is 0.992. The molecule has 34 heavy (non-hydrogen) atoms. The molecule has 0 radical (unpaired) electrons. The number of pyridine rings is 1. The Labute approximate surface area is 197 Å². The molecule has 0 saturated heterocycles. The standard InChI is InChI=1S/C24H22N6O2.C2H6/c1-14-7-6-8-16-11-17(12-29-23-21(15(2)28-29)22(25)26-13-27-23)30(24(31)20(14)16)18-9-4-5-10-19(18)32-3;1-2/h4-11,13H,12H2,1-3H3,(H2,25,26,27);1-2H3. The first-order chi connectivity index (χ1) is 16.5. The molecular weight excluding hydrogens is 428 g/mol. The number of hydrogen-bond acceptors (Lipinski definition) is 6. The second kappa shape index (κ2) is 9.35. The molecule has 0 fully saturated rings. The van der Waals surface area contributed by atoms with E-state index in [9.17, 15) is 4.79 Å². The van der Waals surface area contributed by atoms with Gasteiger partial charge < -0.3 is 10.5 Å². The fraction of sp³-hybridized carbons (Fsp3) is 0.231. The first-order valence-corrected chi connectivity index (χ1v) is 11.2. The minimum atomic E-state index is -0.109. The number of benzene rings is 2. The van der Waals surface area contributed by atoms with Gasteiger partial charge in [-0.25, -0.2) is 14.6 Å². The molecule has 0 saturated carbocycles. The van der Waals surface area contributed by atoms with Gasteiger partial charge in [0.25, 0.3) is 5.56 Å². The van der Waals surface area contributed by atoms with E-state index in [1.54, 1.807) is 16.4 Å². The SMILES string of the molecule is CC.COc1ccccc1-n1c(Cn2nc(C)c3c(N)ncnc32)cc2cccc(C)c2c1=O. The van der Waals surface area contributed by atoms with Crippen LogP contribution in [0.25, 0.3) is 27.5 Å². The van der Waals surface area contributed by atoms with Gasteiger partial charge in [0, 0.05) is 5.69 Å². The number of rotatable bonds is 4. The van der Waals surface area contributed by atoms with Crippen LogP contribution >= 0.6 is 0 Å². The lowest BCUT2D eigenvalue weighted by molar-refractivity contribution is 0.412. The van der Waals surface area contributed by atoms with Crippen molar-refractivity contribution >= 4 is 27.6 Å². The molecule has 0 spiro atoms. The number of fused-ring (bicyclic) bond motifs is 2. The van der Waals surface area contributed by atoms with Gasteiger partial charge in [0.15, 0.2) is 5.65 Å². The molecule has 0 amide bonds. The second-order valence-corrected chi connectivity index (χ2v) is 7.69.